The minimum absolute atomic E-state index is 0.0355. The van der Waals surface area contributed by atoms with Crippen molar-refractivity contribution < 1.29 is 28.8 Å². The summed E-state index contributed by atoms with van der Waals surface area (Å²) >= 11 is 0. The Labute approximate surface area is 170 Å². The summed E-state index contributed by atoms with van der Waals surface area (Å²) in [5, 5.41) is 3.31. The van der Waals surface area contributed by atoms with Gasteiger partial charge in [0.15, 0.2) is 6.10 Å². The number of carbonyl (C=O) groups excluding carboxylic acids is 4. The highest BCUT2D eigenvalue weighted by Gasteiger charge is 2.39. The van der Waals surface area contributed by atoms with Crippen molar-refractivity contribution in [3.05, 3.63) is 35.4 Å². The number of carbonyl (C=O) groups is 4. The Morgan fingerprint density at radius 1 is 1.07 bits per heavy atom. The third kappa shape index (κ3) is 6.12. The van der Waals surface area contributed by atoms with Crippen LogP contribution in [0.5, 0.6) is 0 Å². The lowest BCUT2D eigenvalue weighted by atomic mass is 10.1. The highest BCUT2D eigenvalue weighted by Crippen LogP contribution is 2.24. The van der Waals surface area contributed by atoms with Crippen LogP contribution in [0.15, 0.2) is 24.3 Å². The number of hydrogen-bond acceptors (Lipinski definition) is 6. The van der Waals surface area contributed by atoms with E-state index >= 15 is 0 Å². The van der Waals surface area contributed by atoms with E-state index in [1.807, 2.05) is 13.8 Å². The van der Waals surface area contributed by atoms with Gasteiger partial charge in [0.1, 0.15) is 5.60 Å². The molecule has 0 saturated carbocycles. The Morgan fingerprint density at radius 2 is 1.62 bits per heavy atom. The summed E-state index contributed by atoms with van der Waals surface area (Å²) in [6.07, 6.45) is -1.32. The molecular formula is C21H28N2O6. The summed E-state index contributed by atoms with van der Waals surface area (Å²) in [6.45, 7) is 9.49. The maximum Gasteiger partial charge on any atom is 0.306 e. The molecule has 0 spiro atoms. The summed E-state index contributed by atoms with van der Waals surface area (Å²) in [7, 11) is 0. The van der Waals surface area contributed by atoms with Crippen LogP contribution in [0.4, 0.5) is 0 Å². The van der Waals surface area contributed by atoms with Crippen molar-refractivity contribution in [2.45, 2.75) is 59.2 Å². The molecule has 1 aliphatic heterocycles. The van der Waals surface area contributed by atoms with E-state index in [1.54, 1.807) is 32.9 Å². The first-order valence-electron chi connectivity index (χ1n) is 9.63. The number of rotatable bonds is 8. The molecular weight excluding hydrogens is 376 g/mol. The molecule has 158 valence electrons. The molecule has 1 heterocycles. The third-order valence-corrected chi connectivity index (χ3v) is 4.00. The molecule has 0 aliphatic carbocycles. The zero-order valence-electron chi connectivity index (χ0n) is 17.5. The van der Waals surface area contributed by atoms with Gasteiger partial charge in [0.05, 0.1) is 11.1 Å². The molecule has 1 N–H and O–H groups in total. The second-order valence-corrected chi connectivity index (χ2v) is 8.31. The zero-order chi connectivity index (χ0) is 21.8. The van der Waals surface area contributed by atoms with Gasteiger partial charge in [-0.1, -0.05) is 26.0 Å². The monoisotopic (exact) mass is 404 g/mol. The van der Waals surface area contributed by atoms with Gasteiger partial charge in [-0.15, -0.1) is 5.06 Å². The largest absolute Gasteiger partial charge is 0.460 e. The van der Waals surface area contributed by atoms with Crippen LogP contribution in [0, 0.1) is 5.92 Å². The number of ether oxygens (including phenoxy) is 1. The van der Waals surface area contributed by atoms with Crippen LogP contribution in [0.25, 0.3) is 0 Å². The first-order chi connectivity index (χ1) is 13.5. The van der Waals surface area contributed by atoms with E-state index in [1.165, 1.54) is 12.1 Å². The first kappa shape index (κ1) is 22.5. The van der Waals surface area contributed by atoms with Crippen molar-refractivity contribution in [1.29, 1.82) is 0 Å². The number of hydrogen-bond donors (Lipinski definition) is 1. The van der Waals surface area contributed by atoms with E-state index in [0.717, 1.165) is 0 Å². The number of nitrogens with zero attached hydrogens (tertiary/aromatic N) is 1. The van der Waals surface area contributed by atoms with Gasteiger partial charge >= 0.3 is 5.97 Å². The number of imide groups is 1. The van der Waals surface area contributed by atoms with E-state index in [-0.39, 0.29) is 29.9 Å². The molecule has 1 atom stereocenters. The average molecular weight is 404 g/mol. The maximum atomic E-state index is 12.6. The van der Waals surface area contributed by atoms with Crippen molar-refractivity contribution in [2.75, 3.05) is 6.54 Å². The Bertz CT molecular complexity index is 762. The standard InChI is InChI=1S/C21H28N2O6/c1-13(2)12-22-18(25)16(10-11-17(24)28-21(3,4)5)29-23-19(26)14-8-6-7-9-15(14)20(23)27/h6-9,13,16H,10-12H2,1-5H3,(H,22,25)/t16-/m1/s1. The van der Waals surface area contributed by atoms with Gasteiger partial charge in [-0.2, -0.15) is 0 Å². The second-order valence-electron chi connectivity index (χ2n) is 8.31. The van der Waals surface area contributed by atoms with Gasteiger partial charge in [-0.25, -0.2) is 4.84 Å². The molecule has 1 aromatic carbocycles. The van der Waals surface area contributed by atoms with Crippen molar-refractivity contribution in [3.63, 3.8) is 0 Å². The fourth-order valence-corrected chi connectivity index (χ4v) is 2.68. The summed E-state index contributed by atoms with van der Waals surface area (Å²) in [4.78, 5) is 55.2. The van der Waals surface area contributed by atoms with Crippen LogP contribution in [0.1, 0.15) is 68.2 Å². The highest BCUT2D eigenvalue weighted by molar-refractivity contribution is 6.20. The number of nitrogens with one attached hydrogen (secondary N) is 1. The predicted octanol–water partition coefficient (Wildman–Crippen LogP) is 2.48. The van der Waals surface area contributed by atoms with Gasteiger partial charge in [0, 0.05) is 13.0 Å². The normalized spacial score (nSPS) is 14.8. The topological polar surface area (TPSA) is 102 Å². The molecule has 0 unspecified atom stereocenters. The van der Waals surface area contributed by atoms with Gasteiger partial charge in [0.2, 0.25) is 0 Å². The summed E-state index contributed by atoms with van der Waals surface area (Å²) in [5.74, 6) is -2.07. The van der Waals surface area contributed by atoms with Crippen LogP contribution < -0.4 is 5.32 Å². The van der Waals surface area contributed by atoms with Crippen molar-refractivity contribution >= 4 is 23.7 Å². The van der Waals surface area contributed by atoms with Gasteiger partial charge in [-0.3, -0.25) is 19.2 Å². The van der Waals surface area contributed by atoms with Gasteiger partial charge in [0.25, 0.3) is 17.7 Å². The lowest BCUT2D eigenvalue weighted by Gasteiger charge is -2.23. The Kier molecular flexibility index (Phi) is 7.13. The summed E-state index contributed by atoms with van der Waals surface area (Å²) in [6, 6.07) is 6.33. The van der Waals surface area contributed by atoms with Crippen LogP contribution in [-0.4, -0.2) is 47.0 Å². The predicted molar refractivity (Wildman–Crippen MR) is 105 cm³/mol. The van der Waals surface area contributed by atoms with Crippen molar-refractivity contribution in [3.8, 4) is 0 Å². The number of amides is 3. The molecule has 29 heavy (non-hydrogen) atoms. The Morgan fingerprint density at radius 3 is 2.10 bits per heavy atom. The maximum absolute atomic E-state index is 12.6. The minimum atomic E-state index is -1.19. The van der Waals surface area contributed by atoms with E-state index in [0.29, 0.717) is 11.6 Å². The highest BCUT2D eigenvalue weighted by atomic mass is 16.7. The molecule has 0 saturated heterocycles. The first-order valence-corrected chi connectivity index (χ1v) is 9.63. The second kappa shape index (κ2) is 9.17. The van der Waals surface area contributed by atoms with Gasteiger partial charge < -0.3 is 10.1 Å². The van der Waals surface area contributed by atoms with E-state index in [9.17, 15) is 19.2 Å². The van der Waals surface area contributed by atoms with Gasteiger partial charge in [-0.05, 0) is 45.2 Å². The quantitative estimate of drug-likeness (QED) is 0.528. The minimum Gasteiger partial charge on any atom is -0.460 e. The third-order valence-electron chi connectivity index (χ3n) is 4.00. The average Bonchev–Trinajstić information content (AvgIpc) is 2.86. The van der Waals surface area contributed by atoms with Crippen LogP contribution >= 0.6 is 0 Å². The van der Waals surface area contributed by atoms with Crippen molar-refractivity contribution in [1.82, 2.24) is 10.4 Å². The molecule has 1 aliphatic rings. The summed E-state index contributed by atoms with van der Waals surface area (Å²) < 4.78 is 5.26. The molecule has 0 radical (unpaired) electrons. The lowest BCUT2D eigenvalue weighted by molar-refractivity contribution is -0.165. The van der Waals surface area contributed by atoms with Crippen molar-refractivity contribution in [2.24, 2.45) is 5.92 Å². The zero-order valence-corrected chi connectivity index (χ0v) is 17.5. The van der Waals surface area contributed by atoms with Crippen LogP contribution in [0.3, 0.4) is 0 Å². The number of esters is 1. The molecule has 0 bridgehead atoms. The number of hydroxylamine groups is 2. The molecule has 2 rings (SSSR count). The number of benzene rings is 1. The van der Waals surface area contributed by atoms with E-state index < -0.39 is 35.4 Å². The SMILES string of the molecule is CC(C)CNC(=O)[C@@H](CCC(=O)OC(C)(C)C)ON1C(=O)c2ccccc2C1=O. The molecule has 0 fully saturated rings. The molecule has 8 nitrogen and oxygen atoms in total. The lowest BCUT2D eigenvalue weighted by Crippen LogP contribution is -2.44. The molecule has 3 amide bonds. The Balaban J connectivity index is 2.11. The van der Waals surface area contributed by atoms with Crippen LogP contribution in [-0.2, 0) is 19.2 Å². The smallest absolute Gasteiger partial charge is 0.306 e. The summed E-state index contributed by atoms with van der Waals surface area (Å²) in [5.41, 5.74) is -0.229. The Hall–Kier alpha value is -2.74. The molecule has 0 aromatic heterocycles. The fourth-order valence-electron chi connectivity index (χ4n) is 2.68. The number of fused-ring (bicyclic) bond motifs is 1. The van der Waals surface area contributed by atoms with E-state index in [2.05, 4.69) is 5.32 Å². The fraction of sp³-hybridized carbons (Fsp3) is 0.524. The van der Waals surface area contributed by atoms with Crippen LogP contribution in [0.2, 0.25) is 0 Å². The van der Waals surface area contributed by atoms with E-state index in [4.69, 9.17) is 9.57 Å². The molecule has 8 heteroatoms. The molecule has 1 aromatic rings.